The third kappa shape index (κ3) is 4.73. The van der Waals surface area contributed by atoms with E-state index in [4.69, 9.17) is 0 Å². The highest BCUT2D eigenvalue weighted by Gasteiger charge is 2.20. The number of para-hydroxylation sites is 1. The second-order valence-corrected chi connectivity index (χ2v) is 8.74. The van der Waals surface area contributed by atoms with Gasteiger partial charge in [0.15, 0.2) is 0 Å². The molecule has 28 heavy (non-hydrogen) atoms. The molecule has 0 unspecified atom stereocenters. The zero-order chi connectivity index (χ0) is 19.3. The Kier molecular flexibility index (Phi) is 5.95. The number of carbonyl (C=O) groups is 2. The smallest absolute Gasteiger partial charge is 0.262 e. The molecule has 5 nitrogen and oxygen atoms in total. The minimum atomic E-state index is -0.0875. The molecule has 0 aliphatic carbocycles. The van der Waals surface area contributed by atoms with E-state index in [1.807, 2.05) is 47.9 Å². The lowest BCUT2D eigenvalue weighted by atomic mass is 10.1. The van der Waals surface area contributed by atoms with Crippen LogP contribution in [0.1, 0.15) is 23.3 Å². The highest BCUT2D eigenvalue weighted by molar-refractivity contribution is 8.04. The first-order chi connectivity index (χ1) is 13.7. The molecule has 144 valence electrons. The molecular formula is C21H21N3O2S2. The molecular weight excluding hydrogens is 390 g/mol. The van der Waals surface area contributed by atoms with E-state index in [2.05, 4.69) is 16.0 Å². The second kappa shape index (κ2) is 8.77. The van der Waals surface area contributed by atoms with E-state index in [0.717, 1.165) is 47.0 Å². The van der Waals surface area contributed by atoms with Gasteiger partial charge in [-0.3, -0.25) is 9.59 Å². The first-order valence-electron chi connectivity index (χ1n) is 9.25. The number of hydrogen-bond acceptors (Lipinski definition) is 5. The minimum absolute atomic E-state index is 0.0585. The zero-order valence-corrected chi connectivity index (χ0v) is 16.9. The van der Waals surface area contributed by atoms with Gasteiger partial charge in [-0.05, 0) is 67.2 Å². The highest BCUT2D eigenvalue weighted by atomic mass is 32.2. The van der Waals surface area contributed by atoms with Crippen molar-refractivity contribution in [2.45, 2.75) is 23.8 Å². The Morgan fingerprint density at radius 2 is 2.04 bits per heavy atom. The molecule has 0 bridgehead atoms. The van der Waals surface area contributed by atoms with Gasteiger partial charge in [0.05, 0.1) is 10.6 Å². The van der Waals surface area contributed by atoms with Gasteiger partial charge in [-0.2, -0.15) is 0 Å². The maximum absolute atomic E-state index is 12.3. The van der Waals surface area contributed by atoms with Crippen molar-refractivity contribution in [3.8, 4) is 0 Å². The SMILES string of the molecule is O=C(/C=C/c1csc(C=C2Sc3ccccc3NC2=O)c1)NC1CCNCC1. The fourth-order valence-electron chi connectivity index (χ4n) is 3.15. The number of nitrogens with one attached hydrogen (secondary N) is 3. The van der Waals surface area contributed by atoms with E-state index in [0.29, 0.717) is 4.91 Å². The van der Waals surface area contributed by atoms with Gasteiger partial charge in [0, 0.05) is 21.9 Å². The molecule has 3 heterocycles. The van der Waals surface area contributed by atoms with Crippen LogP contribution >= 0.6 is 23.1 Å². The van der Waals surface area contributed by atoms with Crippen molar-refractivity contribution in [1.29, 1.82) is 0 Å². The second-order valence-electron chi connectivity index (χ2n) is 6.71. The van der Waals surface area contributed by atoms with Crippen molar-refractivity contribution in [1.82, 2.24) is 10.6 Å². The van der Waals surface area contributed by atoms with Gasteiger partial charge >= 0.3 is 0 Å². The first kappa shape index (κ1) is 19.0. The lowest BCUT2D eigenvalue weighted by Gasteiger charge is -2.22. The number of piperidine rings is 1. The standard InChI is InChI=1S/C21H21N3O2S2/c25-20(23-15-7-9-22-10-8-15)6-5-14-11-16(27-13-14)12-19-21(26)24-17-3-1-2-4-18(17)28-19/h1-6,11-13,15,22H,7-10H2,(H,23,25)(H,24,26)/b6-5+,19-12?. The third-order valence-corrected chi connectivity index (χ3v) is 6.60. The average Bonchev–Trinajstić information content (AvgIpc) is 3.15. The molecule has 7 heteroatoms. The van der Waals surface area contributed by atoms with Gasteiger partial charge in [0.25, 0.3) is 5.91 Å². The summed E-state index contributed by atoms with van der Waals surface area (Å²) in [5, 5.41) is 11.2. The van der Waals surface area contributed by atoms with Crippen molar-refractivity contribution in [3.63, 3.8) is 0 Å². The van der Waals surface area contributed by atoms with E-state index in [9.17, 15) is 9.59 Å². The van der Waals surface area contributed by atoms with Crippen LogP contribution in [0.4, 0.5) is 5.69 Å². The minimum Gasteiger partial charge on any atom is -0.350 e. The summed E-state index contributed by atoms with van der Waals surface area (Å²) in [5.41, 5.74) is 1.81. The number of thiophene rings is 1. The summed E-state index contributed by atoms with van der Waals surface area (Å²) in [4.78, 5) is 27.1. The van der Waals surface area contributed by atoms with Gasteiger partial charge in [-0.25, -0.2) is 0 Å². The number of thioether (sulfide) groups is 1. The molecule has 2 aromatic rings. The average molecular weight is 412 g/mol. The largest absolute Gasteiger partial charge is 0.350 e. The van der Waals surface area contributed by atoms with Crippen LogP contribution in [0.3, 0.4) is 0 Å². The number of rotatable bonds is 4. The molecule has 1 saturated heterocycles. The summed E-state index contributed by atoms with van der Waals surface area (Å²) < 4.78 is 0. The summed E-state index contributed by atoms with van der Waals surface area (Å²) in [5.74, 6) is -0.146. The molecule has 0 radical (unpaired) electrons. The number of carbonyl (C=O) groups excluding carboxylic acids is 2. The molecule has 1 aromatic carbocycles. The van der Waals surface area contributed by atoms with Gasteiger partial charge in [-0.15, -0.1) is 11.3 Å². The lowest BCUT2D eigenvalue weighted by Crippen LogP contribution is -2.42. The Labute approximate surface area is 172 Å². The zero-order valence-electron chi connectivity index (χ0n) is 15.2. The molecule has 4 rings (SSSR count). The fraction of sp³-hybridized carbons (Fsp3) is 0.238. The molecule has 3 N–H and O–H groups in total. The summed E-state index contributed by atoms with van der Waals surface area (Å²) in [7, 11) is 0. The van der Waals surface area contributed by atoms with Crippen LogP contribution in [0.5, 0.6) is 0 Å². The van der Waals surface area contributed by atoms with E-state index in [1.165, 1.54) is 11.8 Å². The molecule has 2 aliphatic rings. The summed E-state index contributed by atoms with van der Waals surface area (Å²) in [6, 6.07) is 10.0. The molecule has 2 amide bonds. The van der Waals surface area contributed by atoms with Crippen molar-refractivity contribution < 1.29 is 9.59 Å². The van der Waals surface area contributed by atoms with Crippen LogP contribution < -0.4 is 16.0 Å². The lowest BCUT2D eigenvalue weighted by molar-refractivity contribution is -0.117. The first-order valence-corrected chi connectivity index (χ1v) is 10.9. The van der Waals surface area contributed by atoms with Crippen LogP contribution in [0.2, 0.25) is 0 Å². The topological polar surface area (TPSA) is 70.2 Å². The van der Waals surface area contributed by atoms with Crippen LogP contribution in [-0.4, -0.2) is 30.9 Å². The van der Waals surface area contributed by atoms with E-state index < -0.39 is 0 Å². The highest BCUT2D eigenvalue weighted by Crippen LogP contribution is 2.39. The van der Waals surface area contributed by atoms with Crippen LogP contribution in [-0.2, 0) is 9.59 Å². The monoisotopic (exact) mass is 411 g/mol. The Bertz CT molecular complexity index is 943. The molecule has 1 fully saturated rings. The Balaban J connectivity index is 1.39. The quantitative estimate of drug-likeness (QED) is 0.671. The van der Waals surface area contributed by atoms with Crippen molar-refractivity contribution >= 4 is 52.8 Å². The predicted molar refractivity (Wildman–Crippen MR) is 116 cm³/mol. The van der Waals surface area contributed by atoms with Gasteiger partial charge in [-0.1, -0.05) is 23.9 Å². The summed E-state index contributed by atoms with van der Waals surface area (Å²) in [6.45, 7) is 1.90. The van der Waals surface area contributed by atoms with Crippen molar-refractivity contribution in [2.75, 3.05) is 18.4 Å². The predicted octanol–water partition coefficient (Wildman–Crippen LogP) is 3.71. The summed E-state index contributed by atoms with van der Waals surface area (Å²) >= 11 is 3.03. The number of hydrogen-bond donors (Lipinski definition) is 3. The fourth-order valence-corrected chi connectivity index (χ4v) is 4.98. The van der Waals surface area contributed by atoms with Crippen LogP contribution in [0, 0.1) is 0 Å². The van der Waals surface area contributed by atoms with Crippen molar-refractivity contribution in [3.05, 3.63) is 57.1 Å². The van der Waals surface area contributed by atoms with E-state index >= 15 is 0 Å². The van der Waals surface area contributed by atoms with Gasteiger partial charge < -0.3 is 16.0 Å². The molecule has 0 spiro atoms. The molecule has 0 saturated carbocycles. The van der Waals surface area contributed by atoms with Gasteiger partial charge in [0.1, 0.15) is 0 Å². The normalized spacial score (nSPS) is 18.9. The maximum Gasteiger partial charge on any atom is 0.262 e. The van der Waals surface area contributed by atoms with E-state index in [-0.39, 0.29) is 17.9 Å². The maximum atomic E-state index is 12.3. The Morgan fingerprint density at radius 1 is 1.21 bits per heavy atom. The number of anilines is 1. The number of fused-ring (bicyclic) bond motifs is 1. The van der Waals surface area contributed by atoms with Crippen molar-refractivity contribution in [2.24, 2.45) is 0 Å². The van der Waals surface area contributed by atoms with Gasteiger partial charge in [0.2, 0.25) is 5.91 Å². The Morgan fingerprint density at radius 3 is 2.89 bits per heavy atom. The van der Waals surface area contributed by atoms with E-state index in [1.54, 1.807) is 17.4 Å². The van der Waals surface area contributed by atoms with Crippen LogP contribution in [0.15, 0.2) is 51.6 Å². The molecule has 1 aromatic heterocycles. The Hall–Kier alpha value is -2.35. The molecule has 2 aliphatic heterocycles. The summed E-state index contributed by atoms with van der Waals surface area (Å²) in [6.07, 6.45) is 7.24. The number of amides is 2. The number of benzene rings is 1. The molecule has 0 atom stereocenters. The van der Waals surface area contributed by atoms with Crippen LogP contribution in [0.25, 0.3) is 12.2 Å². The third-order valence-electron chi connectivity index (χ3n) is 4.61.